The second-order valence-corrected chi connectivity index (χ2v) is 5.22. The number of nitrogens with one attached hydrogen (secondary N) is 1. The van der Waals surface area contributed by atoms with E-state index in [1.165, 1.54) is 11.2 Å². The van der Waals surface area contributed by atoms with Gasteiger partial charge in [0.2, 0.25) is 5.88 Å². The highest BCUT2D eigenvalue weighted by Gasteiger charge is 2.10. The van der Waals surface area contributed by atoms with Gasteiger partial charge in [-0.15, -0.1) is 11.3 Å². The number of nitrogens with zero attached hydrogens (tertiary/aromatic N) is 2. The third-order valence-corrected chi connectivity index (χ3v) is 3.60. The zero-order valence-corrected chi connectivity index (χ0v) is 11.6. The highest BCUT2D eigenvalue weighted by molar-refractivity contribution is 7.09. The van der Waals surface area contributed by atoms with Crippen molar-refractivity contribution in [3.05, 3.63) is 34.3 Å². The minimum atomic E-state index is 0.321. The van der Waals surface area contributed by atoms with Crippen LogP contribution < -0.4 is 10.1 Å². The van der Waals surface area contributed by atoms with Crippen LogP contribution in [0.2, 0.25) is 0 Å². The topological polar surface area (TPSA) is 47.0 Å². The normalized spacial score (nSPS) is 12.2. The summed E-state index contributed by atoms with van der Waals surface area (Å²) in [6.45, 7) is 4.10. The second-order valence-electron chi connectivity index (χ2n) is 4.19. The molecule has 96 valence electrons. The van der Waals surface area contributed by atoms with Crippen LogP contribution in [0.15, 0.2) is 23.8 Å². The van der Waals surface area contributed by atoms with Gasteiger partial charge in [0.25, 0.3) is 0 Å². The lowest BCUT2D eigenvalue weighted by molar-refractivity contribution is 0.393. The second kappa shape index (κ2) is 5.82. The number of rotatable bonds is 5. The lowest BCUT2D eigenvalue weighted by Gasteiger charge is -2.16. The van der Waals surface area contributed by atoms with Crippen molar-refractivity contribution in [3.8, 4) is 5.88 Å². The summed E-state index contributed by atoms with van der Waals surface area (Å²) in [5.41, 5.74) is 0.943. The molecular weight excluding hydrogens is 246 g/mol. The van der Waals surface area contributed by atoms with Crippen molar-refractivity contribution in [1.82, 2.24) is 9.97 Å². The van der Waals surface area contributed by atoms with Gasteiger partial charge in [-0.1, -0.05) is 6.07 Å². The number of hydrogen-bond donors (Lipinski definition) is 1. The van der Waals surface area contributed by atoms with Crippen LogP contribution in [0.5, 0.6) is 5.88 Å². The van der Waals surface area contributed by atoms with E-state index in [1.54, 1.807) is 18.4 Å². The Balaban J connectivity index is 2.05. The molecule has 0 aromatic carbocycles. The van der Waals surface area contributed by atoms with E-state index < -0.39 is 0 Å². The van der Waals surface area contributed by atoms with Crippen LogP contribution in [-0.2, 0) is 6.42 Å². The van der Waals surface area contributed by atoms with Gasteiger partial charge in [-0.3, -0.25) is 0 Å². The van der Waals surface area contributed by atoms with Gasteiger partial charge in [0.1, 0.15) is 12.1 Å². The highest BCUT2D eigenvalue weighted by atomic mass is 32.1. The van der Waals surface area contributed by atoms with Gasteiger partial charge in [-0.05, 0) is 25.3 Å². The molecule has 0 bridgehead atoms. The monoisotopic (exact) mass is 263 g/mol. The maximum absolute atomic E-state index is 5.18. The van der Waals surface area contributed by atoms with Crippen molar-refractivity contribution < 1.29 is 4.74 Å². The van der Waals surface area contributed by atoms with Crippen molar-refractivity contribution in [3.63, 3.8) is 0 Å². The van der Waals surface area contributed by atoms with E-state index in [-0.39, 0.29) is 0 Å². The molecule has 1 N–H and O–H groups in total. The van der Waals surface area contributed by atoms with Gasteiger partial charge in [-0.2, -0.15) is 0 Å². The third-order valence-electron chi connectivity index (χ3n) is 2.70. The fourth-order valence-electron chi connectivity index (χ4n) is 1.80. The van der Waals surface area contributed by atoms with E-state index in [2.05, 4.69) is 39.7 Å². The van der Waals surface area contributed by atoms with Crippen molar-refractivity contribution in [1.29, 1.82) is 0 Å². The predicted molar refractivity (Wildman–Crippen MR) is 74.4 cm³/mol. The largest absolute Gasteiger partial charge is 0.481 e. The molecule has 2 rings (SSSR count). The maximum Gasteiger partial charge on any atom is 0.221 e. The average molecular weight is 263 g/mol. The zero-order valence-electron chi connectivity index (χ0n) is 10.8. The van der Waals surface area contributed by atoms with E-state index in [0.29, 0.717) is 11.9 Å². The standard InChI is InChI=1S/C13H17N3OS/c1-9(7-11-5-4-6-18-11)16-12-10(2)13(17-3)15-8-14-12/h4-6,8-9H,7H2,1-3H3,(H,14,15,16). The number of ether oxygens (including phenoxy) is 1. The lowest BCUT2D eigenvalue weighted by atomic mass is 10.2. The Labute approximate surface area is 111 Å². The van der Waals surface area contributed by atoms with Gasteiger partial charge in [-0.25, -0.2) is 9.97 Å². The summed E-state index contributed by atoms with van der Waals surface area (Å²) in [5, 5.41) is 5.50. The molecule has 2 aromatic rings. The maximum atomic E-state index is 5.18. The molecule has 2 heterocycles. The molecular formula is C13H17N3OS. The summed E-state index contributed by atoms with van der Waals surface area (Å²) in [5.74, 6) is 1.46. The Kier molecular flexibility index (Phi) is 4.15. The summed E-state index contributed by atoms with van der Waals surface area (Å²) >= 11 is 1.78. The molecule has 0 radical (unpaired) electrons. The molecule has 4 nitrogen and oxygen atoms in total. The summed E-state index contributed by atoms with van der Waals surface area (Å²) in [6.07, 6.45) is 2.51. The third kappa shape index (κ3) is 2.98. The molecule has 0 amide bonds. The van der Waals surface area contributed by atoms with E-state index in [9.17, 15) is 0 Å². The number of hydrogen-bond acceptors (Lipinski definition) is 5. The van der Waals surface area contributed by atoms with Crippen LogP contribution >= 0.6 is 11.3 Å². The molecule has 2 aromatic heterocycles. The number of anilines is 1. The molecule has 0 fully saturated rings. The van der Waals surface area contributed by atoms with Gasteiger partial charge in [0.15, 0.2) is 0 Å². The zero-order chi connectivity index (χ0) is 13.0. The van der Waals surface area contributed by atoms with Crippen LogP contribution in [0.25, 0.3) is 0 Å². The van der Waals surface area contributed by atoms with E-state index in [4.69, 9.17) is 4.74 Å². The molecule has 0 spiro atoms. The van der Waals surface area contributed by atoms with Gasteiger partial charge in [0.05, 0.1) is 12.7 Å². The van der Waals surface area contributed by atoms with E-state index >= 15 is 0 Å². The fraction of sp³-hybridized carbons (Fsp3) is 0.385. The molecule has 1 atom stereocenters. The summed E-state index contributed by atoms with van der Waals surface area (Å²) < 4.78 is 5.18. The number of aromatic nitrogens is 2. The molecule has 0 aliphatic rings. The number of methoxy groups -OCH3 is 1. The quantitative estimate of drug-likeness (QED) is 0.901. The van der Waals surface area contributed by atoms with Crippen molar-refractivity contribution in [2.45, 2.75) is 26.3 Å². The first-order valence-electron chi connectivity index (χ1n) is 5.85. The Morgan fingerprint density at radius 3 is 2.94 bits per heavy atom. The first-order valence-corrected chi connectivity index (χ1v) is 6.73. The first kappa shape index (κ1) is 12.8. The van der Waals surface area contributed by atoms with Crippen LogP contribution in [0.3, 0.4) is 0 Å². The van der Waals surface area contributed by atoms with Gasteiger partial charge >= 0.3 is 0 Å². The van der Waals surface area contributed by atoms with Crippen LogP contribution in [-0.4, -0.2) is 23.1 Å². The van der Waals surface area contributed by atoms with Crippen molar-refractivity contribution in [2.75, 3.05) is 12.4 Å². The van der Waals surface area contributed by atoms with Crippen LogP contribution in [0, 0.1) is 6.92 Å². The number of thiophene rings is 1. The van der Waals surface area contributed by atoms with Gasteiger partial charge < -0.3 is 10.1 Å². The molecule has 0 aliphatic heterocycles. The Hall–Kier alpha value is -1.62. The predicted octanol–water partition coefficient (Wildman–Crippen LogP) is 2.90. The molecule has 0 saturated heterocycles. The first-order chi connectivity index (χ1) is 8.70. The highest BCUT2D eigenvalue weighted by Crippen LogP contribution is 2.21. The Morgan fingerprint density at radius 2 is 2.28 bits per heavy atom. The minimum Gasteiger partial charge on any atom is -0.481 e. The van der Waals surface area contributed by atoms with Gasteiger partial charge in [0, 0.05) is 17.3 Å². The summed E-state index contributed by atoms with van der Waals surface area (Å²) in [4.78, 5) is 9.70. The Bertz CT molecular complexity index is 499. The average Bonchev–Trinajstić information content (AvgIpc) is 2.84. The van der Waals surface area contributed by atoms with Crippen molar-refractivity contribution in [2.24, 2.45) is 0 Å². The summed E-state index contributed by atoms with van der Waals surface area (Å²) in [7, 11) is 1.62. The SMILES string of the molecule is COc1ncnc(NC(C)Cc2cccs2)c1C. The van der Waals surface area contributed by atoms with E-state index in [0.717, 1.165) is 17.8 Å². The molecule has 5 heteroatoms. The van der Waals surface area contributed by atoms with Crippen LogP contribution in [0.1, 0.15) is 17.4 Å². The molecule has 1 unspecified atom stereocenters. The molecule has 18 heavy (non-hydrogen) atoms. The van der Waals surface area contributed by atoms with Crippen molar-refractivity contribution >= 4 is 17.2 Å². The smallest absolute Gasteiger partial charge is 0.221 e. The van der Waals surface area contributed by atoms with Crippen LogP contribution in [0.4, 0.5) is 5.82 Å². The lowest BCUT2D eigenvalue weighted by Crippen LogP contribution is -2.19. The minimum absolute atomic E-state index is 0.321. The molecule has 0 saturated carbocycles. The summed E-state index contributed by atoms with van der Waals surface area (Å²) in [6, 6.07) is 4.55. The fourth-order valence-corrected chi connectivity index (χ4v) is 2.64. The molecule has 0 aliphatic carbocycles. The van der Waals surface area contributed by atoms with E-state index in [1.807, 2.05) is 6.92 Å². The Morgan fingerprint density at radius 1 is 1.44 bits per heavy atom.